The molecule has 31 heavy (non-hydrogen) atoms. The first-order chi connectivity index (χ1) is 15.1. The van der Waals surface area contributed by atoms with Crippen LogP contribution in [0.2, 0.25) is 0 Å². The van der Waals surface area contributed by atoms with Gasteiger partial charge in [0, 0.05) is 35.6 Å². The van der Waals surface area contributed by atoms with Crippen LogP contribution in [0.1, 0.15) is 36.7 Å². The third-order valence-electron chi connectivity index (χ3n) is 5.51. The predicted octanol–water partition coefficient (Wildman–Crippen LogP) is 6.16. The summed E-state index contributed by atoms with van der Waals surface area (Å²) in [6.45, 7) is 8.32. The van der Waals surface area contributed by atoms with E-state index in [0.717, 1.165) is 25.1 Å². The van der Waals surface area contributed by atoms with Crippen LogP contribution in [0.4, 0.5) is 11.4 Å². The molecule has 1 N–H and O–H groups in total. The minimum Gasteiger partial charge on any atom is -0.436 e. The quantitative estimate of drug-likeness (QED) is 0.394. The fourth-order valence-corrected chi connectivity index (χ4v) is 3.63. The van der Waals surface area contributed by atoms with Crippen LogP contribution in [-0.2, 0) is 6.42 Å². The molecule has 158 valence electrons. The van der Waals surface area contributed by atoms with Crippen LogP contribution >= 0.6 is 0 Å². The molecule has 0 aliphatic rings. The van der Waals surface area contributed by atoms with Gasteiger partial charge in [0.2, 0.25) is 5.89 Å². The van der Waals surface area contributed by atoms with Gasteiger partial charge in [-0.25, -0.2) is 4.98 Å². The number of oxazole rings is 1. The van der Waals surface area contributed by atoms with Crippen molar-refractivity contribution in [3.05, 3.63) is 77.9 Å². The van der Waals surface area contributed by atoms with Gasteiger partial charge in [-0.3, -0.25) is 4.79 Å². The molecule has 1 aromatic heterocycles. The van der Waals surface area contributed by atoms with Gasteiger partial charge in [0.15, 0.2) is 5.58 Å². The smallest absolute Gasteiger partial charge is 0.255 e. The summed E-state index contributed by atoms with van der Waals surface area (Å²) >= 11 is 0. The molecule has 0 aliphatic heterocycles. The van der Waals surface area contributed by atoms with E-state index in [1.807, 2.05) is 54.6 Å². The van der Waals surface area contributed by atoms with Crippen LogP contribution in [0.3, 0.4) is 0 Å². The van der Waals surface area contributed by atoms with E-state index in [9.17, 15) is 4.79 Å². The van der Waals surface area contributed by atoms with Crippen LogP contribution in [0.25, 0.3) is 22.6 Å². The summed E-state index contributed by atoms with van der Waals surface area (Å²) in [6, 6.07) is 21.4. The lowest BCUT2D eigenvalue weighted by atomic mass is 10.1. The molecule has 5 nitrogen and oxygen atoms in total. The van der Waals surface area contributed by atoms with Gasteiger partial charge in [-0.05, 0) is 80.4 Å². The van der Waals surface area contributed by atoms with Gasteiger partial charge in [-0.2, -0.15) is 0 Å². The van der Waals surface area contributed by atoms with Gasteiger partial charge in [-0.1, -0.05) is 19.1 Å². The highest BCUT2D eigenvalue weighted by molar-refractivity contribution is 6.05. The number of hydrogen-bond donors (Lipinski definition) is 1. The second kappa shape index (κ2) is 9.04. The van der Waals surface area contributed by atoms with Crippen molar-refractivity contribution in [2.75, 3.05) is 23.3 Å². The molecule has 0 radical (unpaired) electrons. The van der Waals surface area contributed by atoms with Gasteiger partial charge >= 0.3 is 0 Å². The number of rotatable bonds is 7. The van der Waals surface area contributed by atoms with Crippen molar-refractivity contribution in [3.8, 4) is 11.5 Å². The Morgan fingerprint density at radius 2 is 1.65 bits per heavy atom. The fraction of sp³-hybridized carbons (Fsp3) is 0.231. The van der Waals surface area contributed by atoms with Gasteiger partial charge in [0.05, 0.1) is 0 Å². The number of anilines is 2. The zero-order valence-corrected chi connectivity index (χ0v) is 18.2. The maximum Gasteiger partial charge on any atom is 0.255 e. The average Bonchev–Trinajstić information content (AvgIpc) is 3.24. The number of aryl methyl sites for hydroxylation is 1. The van der Waals surface area contributed by atoms with Crippen LogP contribution in [-0.4, -0.2) is 24.0 Å². The van der Waals surface area contributed by atoms with Gasteiger partial charge in [0.1, 0.15) is 5.52 Å². The van der Waals surface area contributed by atoms with Crippen molar-refractivity contribution in [1.29, 1.82) is 0 Å². The molecule has 1 heterocycles. The highest BCUT2D eigenvalue weighted by Crippen LogP contribution is 2.28. The van der Waals surface area contributed by atoms with Crippen molar-refractivity contribution in [2.45, 2.75) is 27.2 Å². The molecule has 0 atom stereocenters. The highest BCUT2D eigenvalue weighted by Gasteiger charge is 2.12. The van der Waals surface area contributed by atoms with Crippen LogP contribution in [0.5, 0.6) is 0 Å². The Morgan fingerprint density at radius 1 is 0.935 bits per heavy atom. The summed E-state index contributed by atoms with van der Waals surface area (Å²) in [6.07, 6.45) is 0.950. The van der Waals surface area contributed by atoms with Crippen LogP contribution in [0, 0.1) is 0 Å². The van der Waals surface area contributed by atoms with E-state index in [1.165, 1.54) is 11.3 Å². The molecule has 0 spiro atoms. The summed E-state index contributed by atoms with van der Waals surface area (Å²) in [7, 11) is 0. The van der Waals surface area contributed by atoms with E-state index in [0.29, 0.717) is 28.2 Å². The highest BCUT2D eigenvalue weighted by atomic mass is 16.3. The topological polar surface area (TPSA) is 58.4 Å². The van der Waals surface area contributed by atoms with Gasteiger partial charge < -0.3 is 14.6 Å². The summed E-state index contributed by atoms with van der Waals surface area (Å²) in [5.74, 6) is 0.428. The molecule has 0 aliphatic carbocycles. The molecule has 4 rings (SSSR count). The first-order valence-corrected chi connectivity index (χ1v) is 10.8. The third kappa shape index (κ3) is 4.45. The largest absolute Gasteiger partial charge is 0.436 e. The summed E-state index contributed by atoms with van der Waals surface area (Å²) in [5, 5.41) is 2.94. The number of hydrogen-bond acceptors (Lipinski definition) is 4. The first-order valence-electron chi connectivity index (χ1n) is 10.8. The number of amides is 1. The van der Waals surface area contributed by atoms with Crippen LogP contribution in [0.15, 0.2) is 71.1 Å². The van der Waals surface area contributed by atoms with E-state index in [2.05, 4.69) is 48.1 Å². The van der Waals surface area contributed by atoms with Crippen molar-refractivity contribution >= 4 is 28.4 Å². The number of benzene rings is 3. The van der Waals surface area contributed by atoms with E-state index in [-0.39, 0.29) is 5.91 Å². The van der Waals surface area contributed by atoms with Gasteiger partial charge in [-0.15, -0.1) is 0 Å². The van der Waals surface area contributed by atoms with E-state index in [1.54, 1.807) is 0 Å². The average molecular weight is 414 g/mol. The lowest BCUT2D eigenvalue weighted by molar-refractivity contribution is 0.102. The summed E-state index contributed by atoms with van der Waals surface area (Å²) in [5.41, 5.74) is 6.03. The van der Waals surface area contributed by atoms with E-state index < -0.39 is 0 Å². The minimum atomic E-state index is -0.141. The van der Waals surface area contributed by atoms with E-state index >= 15 is 0 Å². The Kier molecular flexibility index (Phi) is 6.03. The number of aromatic nitrogens is 1. The molecule has 0 saturated carbocycles. The number of nitrogens with zero attached hydrogens (tertiary/aromatic N) is 2. The second-order valence-electron chi connectivity index (χ2n) is 7.43. The molecule has 0 bridgehead atoms. The SMILES string of the molecule is CCc1ccc(C(=O)Nc2ccc3oc(-c4ccc(N(CC)CC)cc4)nc3c2)cc1. The molecular weight excluding hydrogens is 386 g/mol. The molecule has 0 fully saturated rings. The lowest BCUT2D eigenvalue weighted by Gasteiger charge is -2.20. The fourth-order valence-electron chi connectivity index (χ4n) is 3.63. The Balaban J connectivity index is 1.53. The standard InChI is InChI=1S/C26H27N3O2/c1-4-18-7-9-19(10-8-18)25(30)27-21-13-16-24-23(17-21)28-26(31-24)20-11-14-22(15-12-20)29(5-2)6-3/h7-17H,4-6H2,1-3H3,(H,27,30). The molecule has 4 aromatic rings. The molecule has 0 saturated heterocycles. The number of carbonyl (C=O) groups excluding carboxylic acids is 1. The first kappa shape index (κ1) is 20.7. The summed E-state index contributed by atoms with van der Waals surface area (Å²) < 4.78 is 5.94. The predicted molar refractivity (Wildman–Crippen MR) is 127 cm³/mol. The Bertz CT molecular complexity index is 1170. The van der Waals surface area contributed by atoms with Crippen molar-refractivity contribution in [2.24, 2.45) is 0 Å². The molecular formula is C26H27N3O2. The maximum atomic E-state index is 12.6. The van der Waals surface area contributed by atoms with Gasteiger partial charge in [0.25, 0.3) is 5.91 Å². The maximum absolute atomic E-state index is 12.6. The zero-order chi connectivity index (χ0) is 21.8. The minimum absolute atomic E-state index is 0.141. The Morgan fingerprint density at radius 3 is 2.29 bits per heavy atom. The van der Waals surface area contributed by atoms with Crippen molar-refractivity contribution < 1.29 is 9.21 Å². The van der Waals surface area contributed by atoms with Crippen molar-refractivity contribution in [1.82, 2.24) is 4.98 Å². The Labute approximate surface area is 182 Å². The van der Waals surface area contributed by atoms with Crippen molar-refractivity contribution in [3.63, 3.8) is 0 Å². The molecule has 5 heteroatoms. The second-order valence-corrected chi connectivity index (χ2v) is 7.43. The van der Waals surface area contributed by atoms with Crippen LogP contribution < -0.4 is 10.2 Å². The normalized spacial score (nSPS) is 10.9. The molecule has 0 unspecified atom stereocenters. The Hall–Kier alpha value is -3.60. The number of nitrogens with one attached hydrogen (secondary N) is 1. The number of fused-ring (bicyclic) bond motifs is 1. The lowest BCUT2D eigenvalue weighted by Crippen LogP contribution is -2.21. The monoisotopic (exact) mass is 413 g/mol. The summed E-state index contributed by atoms with van der Waals surface area (Å²) in [4.78, 5) is 19.5. The molecule has 3 aromatic carbocycles. The zero-order valence-electron chi connectivity index (χ0n) is 18.2. The third-order valence-corrected chi connectivity index (χ3v) is 5.51. The molecule has 1 amide bonds. The van der Waals surface area contributed by atoms with E-state index in [4.69, 9.17) is 4.42 Å². The number of carbonyl (C=O) groups is 1.